The molecule has 2 unspecified atom stereocenters. The van der Waals surface area contributed by atoms with E-state index in [2.05, 4.69) is 5.92 Å². The van der Waals surface area contributed by atoms with Gasteiger partial charge in [0.1, 0.15) is 23.0 Å². The summed E-state index contributed by atoms with van der Waals surface area (Å²) in [6, 6.07) is 16.1. The van der Waals surface area contributed by atoms with Crippen molar-refractivity contribution in [2.75, 3.05) is 13.6 Å². The summed E-state index contributed by atoms with van der Waals surface area (Å²) in [5, 5.41) is 0. The molecule has 3 aromatic rings. The first-order valence-electron chi connectivity index (χ1n) is 10.6. The summed E-state index contributed by atoms with van der Waals surface area (Å²) >= 11 is 0. The van der Waals surface area contributed by atoms with Gasteiger partial charge in [0.25, 0.3) is 0 Å². The van der Waals surface area contributed by atoms with Crippen LogP contribution in [0, 0.1) is 29.8 Å². The fraction of sp³-hybridized carbons (Fsp3) is 0.222. The molecule has 0 aliphatic carbocycles. The lowest BCUT2D eigenvalue weighted by Gasteiger charge is -2.48. The topological polar surface area (TPSA) is 23.6 Å². The maximum absolute atomic E-state index is 14.1. The van der Waals surface area contributed by atoms with Gasteiger partial charge >= 0.3 is 6.03 Å². The predicted octanol–water partition coefficient (Wildman–Crippen LogP) is 6.12. The van der Waals surface area contributed by atoms with Crippen molar-refractivity contribution in [3.63, 3.8) is 0 Å². The Balaban J connectivity index is 1.56. The number of benzene rings is 3. The fourth-order valence-electron chi connectivity index (χ4n) is 4.42. The van der Waals surface area contributed by atoms with Gasteiger partial charge < -0.3 is 9.80 Å². The lowest BCUT2D eigenvalue weighted by molar-refractivity contribution is 0.0695. The Morgan fingerprint density at radius 2 is 1.61 bits per heavy atom. The number of hydrogen-bond donors (Lipinski definition) is 0. The van der Waals surface area contributed by atoms with Crippen LogP contribution in [0.25, 0.3) is 11.1 Å². The van der Waals surface area contributed by atoms with E-state index in [0.717, 1.165) is 11.6 Å². The molecular weight excluding hydrogens is 425 g/mol. The van der Waals surface area contributed by atoms with Gasteiger partial charge in [0.2, 0.25) is 0 Å². The van der Waals surface area contributed by atoms with Crippen LogP contribution < -0.4 is 0 Å². The Kier molecular flexibility index (Phi) is 5.90. The molecule has 1 saturated heterocycles. The molecular formula is C27H23F3N2O. The van der Waals surface area contributed by atoms with Gasteiger partial charge in [0, 0.05) is 31.6 Å². The van der Waals surface area contributed by atoms with E-state index >= 15 is 0 Å². The van der Waals surface area contributed by atoms with E-state index in [0.29, 0.717) is 29.7 Å². The van der Waals surface area contributed by atoms with Crippen LogP contribution in [-0.4, -0.2) is 29.4 Å². The molecule has 6 heteroatoms. The number of hydrogen-bond acceptors (Lipinski definition) is 1. The second-order valence-electron chi connectivity index (χ2n) is 8.22. The molecule has 0 saturated carbocycles. The summed E-state index contributed by atoms with van der Waals surface area (Å²) in [6.07, 6.45) is 6.36. The molecule has 2 amide bonds. The van der Waals surface area contributed by atoms with Crippen LogP contribution in [-0.2, 0) is 5.54 Å². The van der Waals surface area contributed by atoms with E-state index < -0.39 is 17.2 Å². The van der Waals surface area contributed by atoms with Crippen molar-refractivity contribution >= 4 is 6.03 Å². The highest BCUT2D eigenvalue weighted by Gasteiger charge is 2.44. The lowest BCUT2D eigenvalue weighted by atomic mass is 9.83. The molecule has 2 atom stereocenters. The van der Waals surface area contributed by atoms with E-state index in [9.17, 15) is 18.0 Å². The number of rotatable bonds is 4. The van der Waals surface area contributed by atoms with Crippen molar-refractivity contribution in [2.24, 2.45) is 0 Å². The van der Waals surface area contributed by atoms with Gasteiger partial charge in [-0.05, 0) is 47.9 Å². The third-order valence-corrected chi connectivity index (χ3v) is 6.48. The first-order chi connectivity index (χ1) is 15.8. The predicted molar refractivity (Wildman–Crippen MR) is 122 cm³/mol. The average Bonchev–Trinajstić information content (AvgIpc) is 2.81. The summed E-state index contributed by atoms with van der Waals surface area (Å²) in [5.74, 6) is 1.14. The molecule has 33 heavy (non-hydrogen) atoms. The summed E-state index contributed by atoms with van der Waals surface area (Å²) in [7, 11) is 1.66. The first kappa shape index (κ1) is 22.5. The van der Waals surface area contributed by atoms with Crippen molar-refractivity contribution in [3.8, 4) is 23.5 Å². The smallest absolute Gasteiger partial charge is 0.318 e. The number of amides is 2. The van der Waals surface area contributed by atoms with Gasteiger partial charge in [0.05, 0.1) is 6.04 Å². The molecule has 1 aliphatic rings. The maximum Gasteiger partial charge on any atom is 0.321 e. The van der Waals surface area contributed by atoms with Crippen LogP contribution in [0.3, 0.4) is 0 Å². The van der Waals surface area contributed by atoms with Crippen molar-refractivity contribution < 1.29 is 18.0 Å². The Labute approximate surface area is 191 Å². The Hall–Kier alpha value is -3.72. The van der Waals surface area contributed by atoms with Crippen LogP contribution >= 0.6 is 0 Å². The van der Waals surface area contributed by atoms with Crippen LogP contribution in [0.4, 0.5) is 18.0 Å². The third kappa shape index (κ3) is 3.95. The molecule has 1 heterocycles. The number of carbonyl (C=O) groups is 1. The Morgan fingerprint density at radius 3 is 2.21 bits per heavy atom. The van der Waals surface area contributed by atoms with Gasteiger partial charge in [0.15, 0.2) is 0 Å². The van der Waals surface area contributed by atoms with E-state index in [-0.39, 0.29) is 17.9 Å². The SMILES string of the molecule is C#CC1(c2ccc(F)cc2)CCN(C(C)c2ccc(-c3ccc(F)cc3F)cc2)C(=O)N1C. The minimum atomic E-state index is -0.953. The average molecular weight is 448 g/mol. The summed E-state index contributed by atoms with van der Waals surface area (Å²) in [5.41, 5.74) is 1.54. The normalized spacial score (nSPS) is 19.3. The Bertz CT molecular complexity index is 1220. The monoisotopic (exact) mass is 448 g/mol. The zero-order chi connectivity index (χ0) is 23.8. The summed E-state index contributed by atoms with van der Waals surface area (Å²) in [6.45, 7) is 2.33. The highest BCUT2D eigenvalue weighted by atomic mass is 19.1. The molecule has 0 bridgehead atoms. The fourth-order valence-corrected chi connectivity index (χ4v) is 4.42. The van der Waals surface area contributed by atoms with Crippen LogP contribution in [0.1, 0.15) is 30.5 Å². The van der Waals surface area contributed by atoms with Crippen molar-refractivity contribution in [2.45, 2.75) is 24.9 Å². The van der Waals surface area contributed by atoms with Crippen LogP contribution in [0.15, 0.2) is 66.7 Å². The molecule has 0 radical (unpaired) electrons. The number of urea groups is 1. The molecule has 3 aromatic carbocycles. The minimum absolute atomic E-state index is 0.232. The lowest BCUT2D eigenvalue weighted by Crippen LogP contribution is -2.58. The molecule has 1 fully saturated rings. The quantitative estimate of drug-likeness (QED) is 0.441. The summed E-state index contributed by atoms with van der Waals surface area (Å²) < 4.78 is 40.7. The second-order valence-corrected chi connectivity index (χ2v) is 8.22. The van der Waals surface area contributed by atoms with Crippen LogP contribution in [0.5, 0.6) is 0 Å². The molecule has 4 rings (SSSR count). The standard InChI is InChI=1S/C27H23F3N2O/c1-4-27(21-9-11-22(28)12-10-21)15-16-32(26(33)31(27)3)18(2)19-5-7-20(8-6-19)24-14-13-23(29)17-25(24)30/h1,5-14,17-18H,15-16H2,2-3H3. The highest BCUT2D eigenvalue weighted by molar-refractivity contribution is 5.78. The zero-order valence-corrected chi connectivity index (χ0v) is 18.4. The summed E-state index contributed by atoms with van der Waals surface area (Å²) in [4.78, 5) is 16.6. The molecule has 3 nitrogen and oxygen atoms in total. The van der Waals surface area contributed by atoms with E-state index in [4.69, 9.17) is 6.42 Å². The highest BCUT2D eigenvalue weighted by Crippen LogP contribution is 2.38. The van der Waals surface area contributed by atoms with Gasteiger partial charge in [-0.2, -0.15) is 0 Å². The van der Waals surface area contributed by atoms with Gasteiger partial charge in [-0.1, -0.05) is 42.3 Å². The van der Waals surface area contributed by atoms with Crippen LogP contribution in [0.2, 0.25) is 0 Å². The number of carbonyl (C=O) groups excluding carboxylic acids is 1. The maximum atomic E-state index is 14.1. The van der Waals surface area contributed by atoms with Crippen molar-refractivity contribution in [1.82, 2.24) is 9.80 Å². The van der Waals surface area contributed by atoms with Crippen molar-refractivity contribution in [1.29, 1.82) is 0 Å². The number of terminal acetylenes is 1. The largest absolute Gasteiger partial charge is 0.321 e. The van der Waals surface area contributed by atoms with E-state index in [1.165, 1.54) is 29.2 Å². The van der Waals surface area contributed by atoms with E-state index in [1.54, 1.807) is 36.2 Å². The minimum Gasteiger partial charge on any atom is -0.318 e. The van der Waals surface area contributed by atoms with Gasteiger partial charge in [-0.15, -0.1) is 6.42 Å². The van der Waals surface area contributed by atoms with Gasteiger partial charge in [-0.3, -0.25) is 0 Å². The van der Waals surface area contributed by atoms with Crippen molar-refractivity contribution in [3.05, 3.63) is 95.3 Å². The number of halogens is 3. The first-order valence-corrected chi connectivity index (χ1v) is 10.6. The molecule has 0 spiro atoms. The molecule has 168 valence electrons. The zero-order valence-electron chi connectivity index (χ0n) is 18.4. The van der Waals surface area contributed by atoms with Gasteiger partial charge in [-0.25, -0.2) is 18.0 Å². The van der Waals surface area contributed by atoms with E-state index in [1.807, 2.05) is 19.1 Å². The second kappa shape index (κ2) is 8.67. The number of nitrogens with zero attached hydrogens (tertiary/aromatic N) is 2. The molecule has 0 N–H and O–H groups in total. The Morgan fingerprint density at radius 1 is 0.970 bits per heavy atom. The molecule has 0 aromatic heterocycles. The third-order valence-electron chi connectivity index (χ3n) is 6.48. The molecule has 1 aliphatic heterocycles.